The minimum atomic E-state index is -0.583. The number of rotatable bonds is 5. The lowest BCUT2D eigenvalue weighted by molar-refractivity contribution is -0.118. The van der Waals surface area contributed by atoms with E-state index in [4.69, 9.17) is 27.3 Å². The monoisotopic (exact) mass is 361 g/mol. The Balaban J connectivity index is 1.95. The molecule has 2 rings (SSSR count). The van der Waals surface area contributed by atoms with Crippen molar-refractivity contribution in [3.8, 4) is 11.8 Å². The maximum Gasteiger partial charge on any atom is 0.323 e. The van der Waals surface area contributed by atoms with Crippen LogP contribution in [0.5, 0.6) is 5.75 Å². The third-order valence-electron chi connectivity index (χ3n) is 3.26. The largest absolute Gasteiger partial charge is 0.491 e. The lowest BCUT2D eigenvalue weighted by Crippen LogP contribution is -2.49. The Morgan fingerprint density at radius 3 is 2.88 bits per heavy atom. The van der Waals surface area contributed by atoms with E-state index in [1.54, 1.807) is 19.1 Å². The molecule has 0 unspecified atom stereocenters. The molecule has 0 bridgehead atoms. The van der Waals surface area contributed by atoms with Crippen molar-refractivity contribution in [3.63, 3.8) is 0 Å². The van der Waals surface area contributed by atoms with Gasteiger partial charge in [0.15, 0.2) is 0 Å². The highest BCUT2D eigenvalue weighted by molar-refractivity contribution is 6.31. The number of amides is 3. The van der Waals surface area contributed by atoms with Crippen molar-refractivity contribution in [3.05, 3.63) is 52.5 Å². The van der Waals surface area contributed by atoms with Crippen molar-refractivity contribution in [2.24, 2.45) is 5.73 Å². The molecule has 1 heterocycles. The van der Waals surface area contributed by atoms with Gasteiger partial charge in [0.2, 0.25) is 0 Å². The molecule has 1 aromatic rings. The molecule has 0 radical (unpaired) electrons. The topological polar surface area (TPSA) is 129 Å². The number of carbonyl (C=O) groups excluding carboxylic acids is 2. The van der Waals surface area contributed by atoms with Crippen LogP contribution in [0.25, 0.3) is 0 Å². The van der Waals surface area contributed by atoms with E-state index in [1.807, 2.05) is 6.07 Å². The van der Waals surface area contributed by atoms with Crippen LogP contribution in [0.15, 0.2) is 41.9 Å². The van der Waals surface area contributed by atoms with Gasteiger partial charge in [0, 0.05) is 6.07 Å². The van der Waals surface area contributed by atoms with Crippen LogP contribution in [-0.4, -0.2) is 24.6 Å². The average Bonchev–Trinajstić information content (AvgIpc) is 2.56. The van der Waals surface area contributed by atoms with Gasteiger partial charge in [0.25, 0.3) is 5.91 Å². The molecule has 1 aliphatic heterocycles. The van der Waals surface area contributed by atoms with E-state index in [1.165, 1.54) is 6.07 Å². The van der Waals surface area contributed by atoms with Crippen LogP contribution in [0.2, 0.25) is 5.02 Å². The first-order valence-corrected chi connectivity index (χ1v) is 7.60. The van der Waals surface area contributed by atoms with Crippen LogP contribution in [0.3, 0.4) is 0 Å². The molecule has 0 fully saturated rings. The van der Waals surface area contributed by atoms with Gasteiger partial charge in [0.05, 0.1) is 28.0 Å². The molecule has 0 aromatic heterocycles. The second-order valence-corrected chi connectivity index (χ2v) is 5.69. The minimum Gasteiger partial charge on any atom is -0.491 e. The molecule has 5 N–H and O–H groups in total. The summed E-state index contributed by atoms with van der Waals surface area (Å²) in [6, 6.07) is 5.66. The molecule has 0 saturated heterocycles. The van der Waals surface area contributed by atoms with E-state index in [-0.39, 0.29) is 34.8 Å². The van der Waals surface area contributed by atoms with E-state index in [0.29, 0.717) is 11.3 Å². The van der Waals surface area contributed by atoms with Crippen molar-refractivity contribution in [2.45, 2.75) is 13.0 Å². The highest BCUT2D eigenvalue weighted by atomic mass is 35.5. The van der Waals surface area contributed by atoms with Gasteiger partial charge in [-0.15, -0.1) is 0 Å². The summed E-state index contributed by atoms with van der Waals surface area (Å²) >= 11 is 5.93. The molecule has 1 aromatic carbocycles. The third-order valence-corrected chi connectivity index (χ3v) is 3.58. The summed E-state index contributed by atoms with van der Waals surface area (Å²) in [4.78, 5) is 23.6. The van der Waals surface area contributed by atoms with Crippen molar-refractivity contribution >= 4 is 23.5 Å². The smallest absolute Gasteiger partial charge is 0.323 e. The summed E-state index contributed by atoms with van der Waals surface area (Å²) in [6.45, 7) is 5.43. The summed E-state index contributed by atoms with van der Waals surface area (Å²) in [5, 5.41) is 16.5. The Morgan fingerprint density at radius 1 is 1.52 bits per heavy atom. The van der Waals surface area contributed by atoms with E-state index >= 15 is 0 Å². The number of urea groups is 1. The Morgan fingerprint density at radius 2 is 2.24 bits per heavy atom. The van der Waals surface area contributed by atoms with E-state index in [0.717, 1.165) is 0 Å². The second kappa shape index (κ2) is 7.59. The Bertz CT molecular complexity index is 812. The fraction of sp³-hybridized carbons (Fsp3) is 0.188. The average molecular weight is 362 g/mol. The number of nitriles is 1. The van der Waals surface area contributed by atoms with Crippen LogP contribution < -0.4 is 26.4 Å². The van der Waals surface area contributed by atoms with E-state index in [2.05, 4.69) is 22.5 Å². The Kier molecular flexibility index (Phi) is 5.52. The lowest BCUT2D eigenvalue weighted by Gasteiger charge is -2.22. The fourth-order valence-corrected chi connectivity index (χ4v) is 2.19. The summed E-state index contributed by atoms with van der Waals surface area (Å²) < 4.78 is 5.53. The first-order valence-electron chi connectivity index (χ1n) is 7.22. The quantitative estimate of drug-likeness (QED) is 0.624. The highest BCUT2D eigenvalue weighted by Crippen LogP contribution is 2.22. The number of benzene rings is 1. The minimum absolute atomic E-state index is 0.0593. The van der Waals surface area contributed by atoms with Gasteiger partial charge < -0.3 is 26.4 Å². The fourth-order valence-electron chi connectivity index (χ4n) is 1.98. The predicted molar refractivity (Wildman–Crippen MR) is 91.3 cm³/mol. The number of nitrogens with zero attached hydrogens (tertiary/aromatic N) is 1. The van der Waals surface area contributed by atoms with Gasteiger partial charge in [-0.25, -0.2) is 4.79 Å². The van der Waals surface area contributed by atoms with E-state index in [9.17, 15) is 9.59 Å². The molecule has 1 aliphatic rings. The summed E-state index contributed by atoms with van der Waals surface area (Å²) in [5.41, 5.74) is 6.24. The lowest BCUT2D eigenvalue weighted by atomic mass is 10.2. The normalized spacial score (nSPS) is 14.9. The predicted octanol–water partition coefficient (Wildman–Crippen LogP) is 1.09. The number of nitrogens with one attached hydrogen (secondary N) is 3. The summed E-state index contributed by atoms with van der Waals surface area (Å²) in [6.07, 6.45) is 0. The number of nitrogens with two attached hydrogens (primary N) is 1. The van der Waals surface area contributed by atoms with Gasteiger partial charge in [0.1, 0.15) is 24.1 Å². The molecule has 25 heavy (non-hydrogen) atoms. The standard InChI is InChI=1S/C16H16ClN5O3/c1-8(7-25-11-4-3-10(6-18)12(17)5-11)20-15(23)14-13(19)9(2)21-16(24)22-14/h3-5,8H,2,7,19H2,1H3,(H,20,23)(H2,21,22,24)/t8-/m1/s1. The molecular weight excluding hydrogens is 346 g/mol. The van der Waals surface area contributed by atoms with Crippen LogP contribution in [0.4, 0.5) is 4.79 Å². The van der Waals surface area contributed by atoms with Gasteiger partial charge in [-0.3, -0.25) is 4.79 Å². The number of halogens is 1. The molecule has 8 nitrogen and oxygen atoms in total. The van der Waals surface area contributed by atoms with Crippen molar-refractivity contribution in [2.75, 3.05) is 6.61 Å². The first kappa shape index (κ1) is 18.2. The molecule has 0 spiro atoms. The van der Waals surface area contributed by atoms with Crippen molar-refractivity contribution < 1.29 is 14.3 Å². The third kappa shape index (κ3) is 4.43. The molecular formula is C16H16ClN5O3. The molecule has 130 valence electrons. The maximum atomic E-state index is 12.2. The van der Waals surface area contributed by atoms with Crippen LogP contribution in [-0.2, 0) is 4.79 Å². The number of ether oxygens (including phenoxy) is 1. The zero-order valence-corrected chi connectivity index (χ0v) is 14.1. The molecule has 9 heteroatoms. The van der Waals surface area contributed by atoms with Crippen LogP contribution >= 0.6 is 11.6 Å². The molecule has 0 saturated carbocycles. The molecule has 1 atom stereocenters. The van der Waals surface area contributed by atoms with Gasteiger partial charge >= 0.3 is 6.03 Å². The number of hydrogen-bond acceptors (Lipinski definition) is 5. The summed E-state index contributed by atoms with van der Waals surface area (Å²) in [7, 11) is 0. The zero-order chi connectivity index (χ0) is 18.6. The van der Waals surface area contributed by atoms with Crippen molar-refractivity contribution in [1.82, 2.24) is 16.0 Å². The SMILES string of the molecule is C=C1NC(=O)NC(C(=O)N[C@H](C)COc2ccc(C#N)c(Cl)c2)=C1N. The molecule has 0 aliphatic carbocycles. The van der Waals surface area contributed by atoms with Gasteiger partial charge in [-0.05, 0) is 19.1 Å². The Labute approximate surface area is 149 Å². The highest BCUT2D eigenvalue weighted by Gasteiger charge is 2.24. The summed E-state index contributed by atoms with van der Waals surface area (Å²) in [5.74, 6) is -0.0881. The molecule has 3 amide bonds. The first-order chi connectivity index (χ1) is 11.8. The van der Waals surface area contributed by atoms with E-state index < -0.39 is 11.9 Å². The number of carbonyl (C=O) groups is 2. The van der Waals surface area contributed by atoms with Gasteiger partial charge in [-0.2, -0.15) is 5.26 Å². The van der Waals surface area contributed by atoms with Crippen molar-refractivity contribution in [1.29, 1.82) is 5.26 Å². The van der Waals surface area contributed by atoms with Gasteiger partial charge in [-0.1, -0.05) is 18.2 Å². The zero-order valence-electron chi connectivity index (χ0n) is 13.4. The van der Waals surface area contributed by atoms with Crippen LogP contribution in [0, 0.1) is 11.3 Å². The van der Waals surface area contributed by atoms with Crippen LogP contribution in [0.1, 0.15) is 12.5 Å². The Hall–Kier alpha value is -3.18. The maximum absolute atomic E-state index is 12.2. The number of hydrogen-bond donors (Lipinski definition) is 4. The second-order valence-electron chi connectivity index (χ2n) is 5.29.